The summed E-state index contributed by atoms with van der Waals surface area (Å²) in [5.41, 5.74) is -0.165. The monoisotopic (exact) mass is 291 g/mol. The van der Waals surface area contributed by atoms with Crippen LogP contribution in [0.15, 0.2) is 0 Å². The molecule has 0 heterocycles. The Bertz CT molecular complexity index is 236. The van der Waals surface area contributed by atoms with E-state index in [-0.39, 0.29) is 17.6 Å². The Morgan fingerprint density at radius 3 is 2.50 bits per heavy atom. The summed E-state index contributed by atoms with van der Waals surface area (Å²) in [6.45, 7) is 4.17. The molecular formula is C12H22BrNO2. The second kappa shape index (κ2) is 6.01. The van der Waals surface area contributed by atoms with Crippen LogP contribution in [0.4, 0.5) is 0 Å². The van der Waals surface area contributed by atoms with E-state index in [1.54, 1.807) is 7.11 Å². The van der Waals surface area contributed by atoms with E-state index in [0.29, 0.717) is 12.3 Å². The van der Waals surface area contributed by atoms with Crippen LogP contribution in [0.3, 0.4) is 0 Å². The predicted octanol–water partition coefficient (Wildman–Crippen LogP) is 2.48. The van der Waals surface area contributed by atoms with E-state index >= 15 is 0 Å². The molecule has 0 aromatic carbocycles. The van der Waals surface area contributed by atoms with Crippen LogP contribution in [-0.2, 0) is 9.53 Å². The van der Waals surface area contributed by atoms with Gasteiger partial charge < -0.3 is 10.1 Å². The molecule has 0 bridgehead atoms. The van der Waals surface area contributed by atoms with Crippen LogP contribution in [0, 0.1) is 5.92 Å². The standard InChI is InChI=1S/C12H22BrNO2/c1-9(8-13)10(2)14-11(15)7-12(16-3)5-4-6-12/h9-10H,4-8H2,1-3H3,(H,14,15). The number of halogens is 1. The maximum absolute atomic E-state index is 11.8. The molecule has 0 aliphatic heterocycles. The molecule has 94 valence electrons. The van der Waals surface area contributed by atoms with Gasteiger partial charge in [-0.2, -0.15) is 0 Å². The Balaban J connectivity index is 2.35. The Morgan fingerprint density at radius 2 is 2.12 bits per heavy atom. The topological polar surface area (TPSA) is 38.3 Å². The number of alkyl halides is 1. The summed E-state index contributed by atoms with van der Waals surface area (Å²) >= 11 is 3.43. The molecule has 1 fully saturated rings. The lowest BCUT2D eigenvalue weighted by atomic mass is 9.77. The van der Waals surface area contributed by atoms with Gasteiger partial charge in [0.15, 0.2) is 0 Å². The summed E-state index contributed by atoms with van der Waals surface area (Å²) in [5, 5.41) is 3.95. The summed E-state index contributed by atoms with van der Waals surface area (Å²) in [5.74, 6) is 0.561. The highest BCUT2D eigenvalue weighted by molar-refractivity contribution is 9.09. The first-order valence-electron chi connectivity index (χ1n) is 5.93. The third-order valence-corrected chi connectivity index (χ3v) is 4.69. The van der Waals surface area contributed by atoms with Gasteiger partial charge in [-0.25, -0.2) is 0 Å². The third kappa shape index (κ3) is 3.45. The van der Waals surface area contributed by atoms with E-state index in [2.05, 4.69) is 28.2 Å². The van der Waals surface area contributed by atoms with Crippen molar-refractivity contribution in [3.63, 3.8) is 0 Å². The molecule has 1 rings (SSSR count). The largest absolute Gasteiger partial charge is 0.378 e. The minimum atomic E-state index is -0.165. The average molecular weight is 292 g/mol. The van der Waals surface area contributed by atoms with Crippen molar-refractivity contribution in [1.82, 2.24) is 5.32 Å². The molecule has 2 unspecified atom stereocenters. The number of ether oxygens (including phenoxy) is 1. The highest BCUT2D eigenvalue weighted by Crippen LogP contribution is 2.37. The number of methoxy groups -OCH3 is 1. The van der Waals surface area contributed by atoms with Crippen molar-refractivity contribution in [2.45, 2.75) is 51.2 Å². The Morgan fingerprint density at radius 1 is 1.50 bits per heavy atom. The first kappa shape index (κ1) is 14.0. The van der Waals surface area contributed by atoms with Crippen LogP contribution >= 0.6 is 15.9 Å². The quantitative estimate of drug-likeness (QED) is 0.764. The highest BCUT2D eigenvalue weighted by atomic mass is 79.9. The highest BCUT2D eigenvalue weighted by Gasteiger charge is 2.39. The maximum atomic E-state index is 11.8. The molecule has 0 aromatic heterocycles. The molecule has 1 aliphatic rings. The molecule has 0 aromatic rings. The van der Waals surface area contributed by atoms with Gasteiger partial charge in [0.1, 0.15) is 0 Å². The van der Waals surface area contributed by atoms with Gasteiger partial charge in [0.2, 0.25) is 5.91 Å². The molecule has 1 aliphatic carbocycles. The van der Waals surface area contributed by atoms with Crippen LogP contribution in [-0.4, -0.2) is 30.0 Å². The lowest BCUT2D eigenvalue weighted by Crippen LogP contribution is -2.46. The number of rotatable bonds is 6. The van der Waals surface area contributed by atoms with Crippen LogP contribution in [0.2, 0.25) is 0 Å². The molecular weight excluding hydrogens is 270 g/mol. The van der Waals surface area contributed by atoms with E-state index in [1.165, 1.54) is 6.42 Å². The lowest BCUT2D eigenvalue weighted by molar-refractivity contribution is -0.135. The predicted molar refractivity (Wildman–Crippen MR) is 68.8 cm³/mol. The van der Waals surface area contributed by atoms with E-state index in [0.717, 1.165) is 18.2 Å². The smallest absolute Gasteiger partial charge is 0.223 e. The second-order valence-electron chi connectivity index (χ2n) is 4.91. The van der Waals surface area contributed by atoms with Crippen molar-refractivity contribution in [1.29, 1.82) is 0 Å². The fraction of sp³-hybridized carbons (Fsp3) is 0.917. The van der Waals surface area contributed by atoms with Gasteiger partial charge in [0.05, 0.1) is 12.0 Å². The number of amides is 1. The molecule has 0 saturated heterocycles. The molecule has 3 nitrogen and oxygen atoms in total. The minimum absolute atomic E-state index is 0.113. The van der Waals surface area contributed by atoms with Crippen LogP contribution in [0.25, 0.3) is 0 Å². The molecule has 1 amide bonds. The molecule has 1 saturated carbocycles. The van der Waals surface area contributed by atoms with Crippen molar-refractivity contribution >= 4 is 21.8 Å². The Hall–Kier alpha value is -0.0900. The van der Waals surface area contributed by atoms with Gasteiger partial charge >= 0.3 is 0 Å². The van der Waals surface area contributed by atoms with Gasteiger partial charge in [0, 0.05) is 18.5 Å². The average Bonchev–Trinajstić information content (AvgIpc) is 2.22. The van der Waals surface area contributed by atoms with E-state index in [9.17, 15) is 4.79 Å². The van der Waals surface area contributed by atoms with Crippen molar-refractivity contribution in [2.24, 2.45) is 5.92 Å². The minimum Gasteiger partial charge on any atom is -0.378 e. The number of carbonyl (C=O) groups excluding carboxylic acids is 1. The zero-order valence-electron chi connectivity index (χ0n) is 10.4. The van der Waals surface area contributed by atoms with E-state index in [1.807, 2.05) is 6.92 Å². The van der Waals surface area contributed by atoms with E-state index in [4.69, 9.17) is 4.74 Å². The molecule has 16 heavy (non-hydrogen) atoms. The fourth-order valence-electron chi connectivity index (χ4n) is 1.90. The van der Waals surface area contributed by atoms with Gasteiger partial charge in [-0.1, -0.05) is 22.9 Å². The first-order chi connectivity index (χ1) is 7.53. The first-order valence-corrected chi connectivity index (χ1v) is 7.05. The maximum Gasteiger partial charge on any atom is 0.223 e. The van der Waals surface area contributed by atoms with Crippen molar-refractivity contribution < 1.29 is 9.53 Å². The van der Waals surface area contributed by atoms with Gasteiger partial charge in [-0.15, -0.1) is 0 Å². The number of hydrogen-bond acceptors (Lipinski definition) is 2. The molecule has 0 spiro atoms. The van der Waals surface area contributed by atoms with Crippen LogP contribution in [0.5, 0.6) is 0 Å². The number of nitrogens with one attached hydrogen (secondary N) is 1. The van der Waals surface area contributed by atoms with Crippen molar-refractivity contribution in [3.8, 4) is 0 Å². The summed E-state index contributed by atoms with van der Waals surface area (Å²) in [7, 11) is 1.71. The van der Waals surface area contributed by atoms with Crippen molar-refractivity contribution in [2.75, 3.05) is 12.4 Å². The SMILES string of the molecule is COC1(CC(=O)NC(C)C(C)CBr)CCC1. The second-order valence-corrected chi connectivity index (χ2v) is 5.55. The number of hydrogen-bond donors (Lipinski definition) is 1. The number of carbonyl (C=O) groups is 1. The zero-order valence-corrected chi connectivity index (χ0v) is 12.0. The lowest BCUT2D eigenvalue weighted by Gasteiger charge is -2.40. The van der Waals surface area contributed by atoms with E-state index < -0.39 is 0 Å². The molecule has 4 heteroatoms. The zero-order chi connectivity index (χ0) is 12.2. The summed E-state index contributed by atoms with van der Waals surface area (Å²) in [6.07, 6.45) is 3.70. The summed E-state index contributed by atoms with van der Waals surface area (Å²) in [4.78, 5) is 11.8. The van der Waals surface area contributed by atoms with Crippen LogP contribution in [0.1, 0.15) is 39.5 Å². The molecule has 1 N–H and O–H groups in total. The van der Waals surface area contributed by atoms with Gasteiger partial charge in [-0.3, -0.25) is 4.79 Å². The van der Waals surface area contributed by atoms with Gasteiger partial charge in [-0.05, 0) is 32.1 Å². The Labute approximate surface area is 106 Å². The van der Waals surface area contributed by atoms with Crippen LogP contribution < -0.4 is 5.32 Å². The summed E-state index contributed by atoms with van der Waals surface area (Å²) < 4.78 is 5.44. The third-order valence-electron chi connectivity index (χ3n) is 3.67. The normalized spacial score (nSPS) is 22.0. The Kier molecular flexibility index (Phi) is 5.25. The van der Waals surface area contributed by atoms with Crippen molar-refractivity contribution in [3.05, 3.63) is 0 Å². The molecule has 2 atom stereocenters. The summed E-state index contributed by atoms with van der Waals surface area (Å²) in [6, 6.07) is 0.209. The van der Waals surface area contributed by atoms with Gasteiger partial charge in [0.25, 0.3) is 0 Å². The fourth-order valence-corrected chi connectivity index (χ4v) is 2.46. The molecule has 0 radical (unpaired) electrons.